The van der Waals surface area contributed by atoms with Crippen LogP contribution in [0.25, 0.3) is 0 Å². The normalized spacial score (nSPS) is 23.9. The molecular formula is C15H18N2O2S. The van der Waals surface area contributed by atoms with Gasteiger partial charge in [-0.1, -0.05) is 32.0 Å². The second kappa shape index (κ2) is 5.13. The molecule has 2 aliphatic rings. The van der Waals surface area contributed by atoms with Crippen LogP contribution in [0.1, 0.15) is 35.1 Å². The highest BCUT2D eigenvalue weighted by molar-refractivity contribution is 7.99. The monoisotopic (exact) mass is 290 g/mol. The zero-order chi connectivity index (χ0) is 14.3. The van der Waals surface area contributed by atoms with Crippen molar-refractivity contribution in [1.29, 1.82) is 0 Å². The third-order valence-corrected chi connectivity index (χ3v) is 4.98. The summed E-state index contributed by atoms with van der Waals surface area (Å²) in [6.07, 6.45) is 0. The van der Waals surface area contributed by atoms with Gasteiger partial charge in [0.2, 0.25) is 5.91 Å². The van der Waals surface area contributed by atoms with Crippen LogP contribution in [0.5, 0.6) is 0 Å². The van der Waals surface area contributed by atoms with Crippen molar-refractivity contribution in [2.45, 2.75) is 25.3 Å². The molecule has 0 bridgehead atoms. The molecular weight excluding hydrogens is 272 g/mol. The predicted molar refractivity (Wildman–Crippen MR) is 79.4 cm³/mol. The number of carbonyl (C=O) groups excluding carboxylic acids is 2. The van der Waals surface area contributed by atoms with Crippen molar-refractivity contribution >= 4 is 23.6 Å². The molecule has 20 heavy (non-hydrogen) atoms. The minimum absolute atomic E-state index is 0.00787. The second-order valence-electron chi connectivity index (χ2n) is 5.64. The number of nitrogens with zero attached hydrogens (tertiary/aromatic N) is 1. The van der Waals surface area contributed by atoms with Crippen LogP contribution in [0.2, 0.25) is 0 Å². The van der Waals surface area contributed by atoms with Crippen molar-refractivity contribution in [1.82, 2.24) is 10.2 Å². The second-order valence-corrected chi connectivity index (χ2v) is 6.75. The first-order valence-electron chi connectivity index (χ1n) is 6.90. The predicted octanol–water partition coefficient (Wildman–Crippen LogP) is 2.03. The number of fused-ring (bicyclic) bond motifs is 3. The highest BCUT2D eigenvalue weighted by Gasteiger charge is 2.48. The first-order valence-corrected chi connectivity index (χ1v) is 7.95. The third kappa shape index (κ3) is 2.10. The van der Waals surface area contributed by atoms with Gasteiger partial charge in [0, 0.05) is 17.9 Å². The van der Waals surface area contributed by atoms with E-state index in [1.165, 1.54) is 0 Å². The van der Waals surface area contributed by atoms with Gasteiger partial charge in [-0.15, -0.1) is 11.8 Å². The molecule has 1 N–H and O–H groups in total. The lowest BCUT2D eigenvalue weighted by Crippen LogP contribution is -2.46. The van der Waals surface area contributed by atoms with E-state index < -0.39 is 0 Å². The summed E-state index contributed by atoms with van der Waals surface area (Å²) in [5, 5.41) is 2.95. The Balaban J connectivity index is 1.80. The smallest absolute Gasteiger partial charge is 0.256 e. The summed E-state index contributed by atoms with van der Waals surface area (Å²) in [6.45, 7) is 4.77. The zero-order valence-electron chi connectivity index (χ0n) is 11.6. The average Bonchev–Trinajstić information content (AvgIpc) is 2.98. The van der Waals surface area contributed by atoms with Gasteiger partial charge < -0.3 is 10.2 Å². The number of hydrogen-bond donors (Lipinski definition) is 1. The molecule has 1 saturated heterocycles. The van der Waals surface area contributed by atoms with Gasteiger partial charge in [0.1, 0.15) is 11.4 Å². The van der Waals surface area contributed by atoms with E-state index in [4.69, 9.17) is 0 Å². The highest BCUT2D eigenvalue weighted by atomic mass is 32.2. The number of benzene rings is 1. The molecule has 1 aromatic rings. The van der Waals surface area contributed by atoms with Gasteiger partial charge in [0.25, 0.3) is 5.91 Å². The van der Waals surface area contributed by atoms with Crippen LogP contribution in [-0.4, -0.2) is 35.1 Å². The Kier molecular flexibility index (Phi) is 3.46. The minimum Gasteiger partial charge on any atom is -0.354 e. The van der Waals surface area contributed by atoms with E-state index in [9.17, 15) is 9.59 Å². The van der Waals surface area contributed by atoms with Crippen molar-refractivity contribution in [2.24, 2.45) is 5.92 Å². The van der Waals surface area contributed by atoms with Crippen LogP contribution in [0.3, 0.4) is 0 Å². The molecule has 1 unspecified atom stereocenters. The molecule has 1 fully saturated rings. The van der Waals surface area contributed by atoms with Gasteiger partial charge in [-0.25, -0.2) is 0 Å². The Morgan fingerprint density at radius 2 is 2.20 bits per heavy atom. The van der Waals surface area contributed by atoms with E-state index in [1.54, 1.807) is 16.7 Å². The van der Waals surface area contributed by atoms with Gasteiger partial charge >= 0.3 is 0 Å². The maximum Gasteiger partial charge on any atom is 0.256 e. The number of amides is 2. The summed E-state index contributed by atoms with van der Waals surface area (Å²) in [6, 6.07) is 7.31. The van der Waals surface area contributed by atoms with Crippen molar-refractivity contribution in [3.05, 3.63) is 35.4 Å². The van der Waals surface area contributed by atoms with E-state index in [0.717, 1.165) is 11.1 Å². The molecule has 3 rings (SSSR count). The quantitative estimate of drug-likeness (QED) is 0.926. The molecule has 5 heteroatoms. The van der Waals surface area contributed by atoms with E-state index >= 15 is 0 Å². The molecule has 106 valence electrons. The summed E-state index contributed by atoms with van der Waals surface area (Å²) in [7, 11) is 0. The lowest BCUT2D eigenvalue weighted by molar-refractivity contribution is -0.124. The Morgan fingerprint density at radius 1 is 1.45 bits per heavy atom. The molecule has 2 heterocycles. The van der Waals surface area contributed by atoms with Crippen molar-refractivity contribution in [3.63, 3.8) is 0 Å². The molecule has 0 spiro atoms. The Labute approximate surface area is 122 Å². The standard InChI is InChI=1S/C15H18N2O2S/c1-9(2)7-16-13(18)12-8-20-15-11-6-4-3-5-10(11)14(19)17(12)15/h3-6,9,12,15H,7-8H2,1-2H3,(H,16,18)/t12-,15?/m0/s1. The van der Waals surface area contributed by atoms with Crippen LogP contribution < -0.4 is 5.32 Å². The van der Waals surface area contributed by atoms with Gasteiger partial charge in [-0.05, 0) is 17.5 Å². The number of rotatable bonds is 3. The zero-order valence-corrected chi connectivity index (χ0v) is 12.4. The third-order valence-electron chi connectivity index (χ3n) is 3.68. The first-order chi connectivity index (χ1) is 9.59. The summed E-state index contributed by atoms with van der Waals surface area (Å²) < 4.78 is 0. The number of hydrogen-bond acceptors (Lipinski definition) is 3. The topological polar surface area (TPSA) is 49.4 Å². The van der Waals surface area contributed by atoms with E-state index in [-0.39, 0.29) is 23.2 Å². The molecule has 0 aromatic heterocycles. The molecule has 0 radical (unpaired) electrons. The molecule has 0 saturated carbocycles. The van der Waals surface area contributed by atoms with Crippen LogP contribution in [0.4, 0.5) is 0 Å². The first kappa shape index (κ1) is 13.5. The highest BCUT2D eigenvalue weighted by Crippen LogP contribution is 2.47. The molecule has 1 aromatic carbocycles. The summed E-state index contributed by atoms with van der Waals surface area (Å²) >= 11 is 1.67. The van der Waals surface area contributed by atoms with Gasteiger partial charge in [-0.2, -0.15) is 0 Å². The lowest BCUT2D eigenvalue weighted by atomic mass is 10.1. The number of thioether (sulfide) groups is 1. The fraction of sp³-hybridized carbons (Fsp3) is 0.467. The van der Waals surface area contributed by atoms with Crippen molar-refractivity contribution in [3.8, 4) is 0 Å². The summed E-state index contributed by atoms with van der Waals surface area (Å²) in [4.78, 5) is 26.5. The number of nitrogens with one attached hydrogen (secondary N) is 1. The Bertz CT molecular complexity index is 559. The fourth-order valence-electron chi connectivity index (χ4n) is 2.66. The van der Waals surface area contributed by atoms with E-state index in [0.29, 0.717) is 18.2 Å². The summed E-state index contributed by atoms with van der Waals surface area (Å²) in [5.41, 5.74) is 1.79. The SMILES string of the molecule is CC(C)CNC(=O)[C@@H]1CSC2c3ccccc3C(=O)N21. The van der Waals surface area contributed by atoms with Gasteiger partial charge in [0.05, 0.1) is 0 Å². The maximum absolute atomic E-state index is 12.5. The average molecular weight is 290 g/mol. The molecule has 0 aliphatic carbocycles. The van der Waals surface area contributed by atoms with Gasteiger partial charge in [-0.3, -0.25) is 9.59 Å². The molecule has 2 amide bonds. The Morgan fingerprint density at radius 3 is 2.95 bits per heavy atom. The molecule has 2 atom stereocenters. The summed E-state index contributed by atoms with van der Waals surface area (Å²) in [5.74, 6) is 1.04. The van der Waals surface area contributed by atoms with E-state index in [2.05, 4.69) is 19.2 Å². The largest absolute Gasteiger partial charge is 0.354 e. The Hall–Kier alpha value is -1.49. The van der Waals surface area contributed by atoms with Crippen LogP contribution in [0, 0.1) is 5.92 Å². The van der Waals surface area contributed by atoms with E-state index in [1.807, 2.05) is 24.3 Å². The van der Waals surface area contributed by atoms with Gasteiger partial charge in [0.15, 0.2) is 0 Å². The van der Waals surface area contributed by atoms with Crippen LogP contribution in [-0.2, 0) is 4.79 Å². The van der Waals surface area contributed by atoms with Crippen molar-refractivity contribution < 1.29 is 9.59 Å². The van der Waals surface area contributed by atoms with Crippen LogP contribution in [0.15, 0.2) is 24.3 Å². The van der Waals surface area contributed by atoms with Crippen LogP contribution >= 0.6 is 11.8 Å². The molecule has 4 nitrogen and oxygen atoms in total. The van der Waals surface area contributed by atoms with Crippen molar-refractivity contribution in [2.75, 3.05) is 12.3 Å². The number of carbonyl (C=O) groups is 2. The molecule has 2 aliphatic heterocycles. The maximum atomic E-state index is 12.5. The fourth-order valence-corrected chi connectivity index (χ4v) is 4.13. The lowest BCUT2D eigenvalue weighted by Gasteiger charge is -2.23. The minimum atomic E-state index is -0.344.